The van der Waals surface area contributed by atoms with Crippen LogP contribution in [0.5, 0.6) is 0 Å². The highest BCUT2D eigenvalue weighted by Gasteiger charge is 2.41. The highest BCUT2D eigenvalue weighted by Crippen LogP contribution is 2.33. The zero-order valence-corrected chi connectivity index (χ0v) is 48.6. The molecule has 20 heteroatoms. The third-order valence-corrected chi connectivity index (χ3v) is 19.2. The molecule has 19 nitrogen and oxygen atoms in total. The molecule has 5 aliphatic heterocycles. The number of H-pyrrole nitrogens is 1. The number of ether oxygens (including phenoxy) is 1. The number of rotatable bonds is 19. The minimum absolute atomic E-state index is 0.0202. The highest BCUT2D eigenvalue weighted by molar-refractivity contribution is 6.30. The van der Waals surface area contributed by atoms with Crippen LogP contribution in [0.1, 0.15) is 136 Å². The molecule has 3 unspecified atom stereocenters. The second-order valence-corrected chi connectivity index (χ2v) is 25.1. The number of likely N-dealkylation sites (tertiary alicyclic amines) is 3. The fourth-order valence-corrected chi connectivity index (χ4v) is 13.7. The van der Waals surface area contributed by atoms with Gasteiger partial charge in [-0.3, -0.25) is 33.8 Å². The number of aromatic amines is 1. The van der Waals surface area contributed by atoms with Gasteiger partial charge in [-0.2, -0.15) is 0 Å². The van der Waals surface area contributed by atoms with Crippen LogP contribution in [0.25, 0.3) is 11.0 Å². The van der Waals surface area contributed by atoms with Crippen molar-refractivity contribution in [1.82, 2.24) is 55.4 Å². The van der Waals surface area contributed by atoms with Gasteiger partial charge < -0.3 is 51.0 Å². The molecule has 2 aromatic heterocycles. The molecule has 5 amide bonds. The number of fused-ring (bicyclic) bond motifs is 1. The number of hydrogen-bond donors (Lipinski definition) is 5. The number of nitrogens with two attached hydrogens (primary N) is 1. The number of nitrogens with one attached hydrogen (secondary N) is 4. The zero-order valence-electron chi connectivity index (χ0n) is 47.8. The predicted molar refractivity (Wildman–Crippen MR) is 316 cm³/mol. The Morgan fingerprint density at radius 3 is 2.18 bits per heavy atom. The molecule has 7 fully saturated rings. The van der Waals surface area contributed by atoms with Gasteiger partial charge in [0.2, 0.25) is 23.6 Å². The van der Waals surface area contributed by atoms with Crippen molar-refractivity contribution in [2.75, 3.05) is 103 Å². The Morgan fingerprint density at radius 1 is 0.720 bits per heavy atom. The Balaban J connectivity index is 0.595. The van der Waals surface area contributed by atoms with E-state index < -0.39 is 11.6 Å². The third kappa shape index (κ3) is 14.6. The first-order valence-electron chi connectivity index (χ1n) is 30.9. The summed E-state index contributed by atoms with van der Waals surface area (Å²) in [4.78, 5) is 94.0. The van der Waals surface area contributed by atoms with Crippen molar-refractivity contribution in [3.8, 4) is 0 Å². The lowest BCUT2D eigenvalue weighted by Gasteiger charge is -2.40. The molecule has 11 rings (SSSR count). The van der Waals surface area contributed by atoms with E-state index in [9.17, 15) is 24.0 Å². The van der Waals surface area contributed by atoms with E-state index in [-0.39, 0.29) is 59.6 Å². The molecule has 2 aliphatic carbocycles. The number of halogens is 1. The average molecular weight is 1140 g/mol. The summed E-state index contributed by atoms with van der Waals surface area (Å²) in [5, 5.41) is 11.5. The number of aromatic nitrogens is 3. The Labute approximate surface area is 488 Å². The third-order valence-electron chi connectivity index (χ3n) is 19.0. The van der Waals surface area contributed by atoms with Crippen molar-refractivity contribution >= 4 is 58.0 Å². The van der Waals surface area contributed by atoms with E-state index in [1.165, 1.54) is 0 Å². The van der Waals surface area contributed by atoms with Crippen LogP contribution < -0.4 is 26.6 Å². The summed E-state index contributed by atoms with van der Waals surface area (Å²) in [7, 11) is 0. The molecule has 7 aliphatic rings. The zero-order chi connectivity index (χ0) is 56.6. The molecule has 2 saturated carbocycles. The number of hydrogen-bond acceptors (Lipinski definition) is 13. The lowest BCUT2D eigenvalue weighted by Crippen LogP contribution is -2.60. The van der Waals surface area contributed by atoms with Gasteiger partial charge in [0.1, 0.15) is 23.8 Å². The number of anilines is 1. The first kappa shape index (κ1) is 58.1. The number of amides is 5. The molecule has 0 spiro atoms. The van der Waals surface area contributed by atoms with Gasteiger partial charge in [0.25, 0.3) is 5.91 Å². The molecule has 5 saturated heterocycles. The second kappa shape index (κ2) is 26.9. The largest absolute Gasteiger partial charge is 0.375 e. The summed E-state index contributed by atoms with van der Waals surface area (Å²) >= 11 is 6.29. The molecule has 0 bridgehead atoms. The second-order valence-electron chi connectivity index (χ2n) is 24.6. The van der Waals surface area contributed by atoms with E-state index in [0.717, 1.165) is 151 Å². The molecule has 4 aromatic rings. The van der Waals surface area contributed by atoms with Crippen LogP contribution in [0.4, 0.5) is 5.82 Å². The number of piperidine rings is 4. The number of carbonyl (C=O) groups is 5. The van der Waals surface area contributed by atoms with Crippen LogP contribution in [-0.2, 0) is 23.9 Å². The molecule has 442 valence electrons. The maximum Gasteiger partial charge on any atom is 0.251 e. The van der Waals surface area contributed by atoms with Gasteiger partial charge in [-0.15, -0.1) is 0 Å². The van der Waals surface area contributed by atoms with Crippen molar-refractivity contribution in [1.29, 1.82) is 0 Å². The topological polar surface area (TPSA) is 218 Å². The summed E-state index contributed by atoms with van der Waals surface area (Å²) in [5.74, 6) is 1.09. The van der Waals surface area contributed by atoms with Gasteiger partial charge in [-0.05, 0) is 131 Å². The first-order valence-corrected chi connectivity index (χ1v) is 31.3. The molecule has 3 atom stereocenters. The van der Waals surface area contributed by atoms with E-state index >= 15 is 0 Å². The van der Waals surface area contributed by atoms with Crippen molar-refractivity contribution in [3.63, 3.8) is 0 Å². The lowest BCUT2D eigenvalue weighted by atomic mass is 9.83. The predicted octanol–water partition coefficient (Wildman–Crippen LogP) is 5.61. The van der Waals surface area contributed by atoms with Crippen LogP contribution in [0, 0.1) is 5.92 Å². The van der Waals surface area contributed by atoms with E-state index in [4.69, 9.17) is 22.1 Å². The van der Waals surface area contributed by atoms with Gasteiger partial charge in [0.05, 0.1) is 42.3 Å². The summed E-state index contributed by atoms with van der Waals surface area (Å²) in [6.45, 7) is 9.82. The Morgan fingerprint density at radius 2 is 1.45 bits per heavy atom. The molecule has 0 radical (unpaired) electrons. The molecule has 82 heavy (non-hydrogen) atoms. The maximum atomic E-state index is 14.4. The van der Waals surface area contributed by atoms with Gasteiger partial charge in [-0.25, -0.2) is 9.97 Å². The van der Waals surface area contributed by atoms with Crippen LogP contribution in [0.15, 0.2) is 67.1 Å². The minimum atomic E-state index is -1.02. The van der Waals surface area contributed by atoms with Gasteiger partial charge >= 0.3 is 0 Å². The molecule has 2 aromatic carbocycles. The number of carbonyl (C=O) groups excluding carboxylic acids is 5. The van der Waals surface area contributed by atoms with E-state index in [0.29, 0.717) is 94.8 Å². The fourth-order valence-electron chi connectivity index (χ4n) is 13.6. The maximum absolute atomic E-state index is 14.4. The SMILES string of the molecule is NC1(C(=O)NC(CCN2CCN(C(=O)CN3CCC(OC4CCN(C(=O)C(NC(=O)c5cccc(C6CCCN(C(=O)CNC7CC7)C6)c5)C5CCCCC5)CC4)CC3)CC2)c2ccc(Cl)cc2)CCN(c2ncnc3[nH]ccc23)CC1. The van der Waals surface area contributed by atoms with Crippen LogP contribution in [0.3, 0.4) is 0 Å². The normalized spacial score (nSPS) is 22.7. The number of nitrogens with zero attached hydrogens (tertiary/aromatic N) is 8. The summed E-state index contributed by atoms with van der Waals surface area (Å²) in [6, 6.07) is 17.1. The first-order chi connectivity index (χ1) is 39.9. The van der Waals surface area contributed by atoms with Crippen molar-refractivity contribution in [3.05, 3.63) is 88.8 Å². The standard InChI is InChI=1S/C62H86ClN13O6/c63-48-13-11-43(12-14-48)53(69-61(81)62(64)23-32-74(33-24-62)58-52-17-25-65-57(52)67-42-68-58)22-29-71-34-36-73(37-35-71)55(78)41-72-27-18-50(19-28-72)82-51-20-30-75(31-21-51)60(80)56(44-6-2-1-3-7-44)70-59(79)46-9-4-8-45(38-46)47-10-5-26-76(40-47)54(77)39-66-49-15-16-49/h4,8-9,11-14,17,25,38,42,44,47,49-51,53,56,66H,1-3,5-7,10,15-16,18-24,26-37,39-41,64H2,(H,69,81)(H,70,79)(H,65,67,68). The summed E-state index contributed by atoms with van der Waals surface area (Å²) in [6.07, 6.45) is 17.9. The van der Waals surface area contributed by atoms with E-state index in [1.807, 2.05) is 69.4 Å². The fraction of sp³-hybridized carbons (Fsp3) is 0.629. The van der Waals surface area contributed by atoms with Crippen molar-refractivity contribution in [2.45, 2.75) is 145 Å². The lowest BCUT2D eigenvalue weighted by molar-refractivity contribution is -0.140. The number of piperazine rings is 1. The van der Waals surface area contributed by atoms with Crippen LogP contribution in [0.2, 0.25) is 5.02 Å². The molecular formula is C62H86ClN13O6. The summed E-state index contributed by atoms with van der Waals surface area (Å²) in [5.41, 5.74) is 9.27. The Hall–Kier alpha value is -5.70. The van der Waals surface area contributed by atoms with Crippen LogP contribution in [-0.4, -0.2) is 197 Å². The molecular weight excluding hydrogens is 1060 g/mol. The van der Waals surface area contributed by atoms with E-state index in [1.54, 1.807) is 6.33 Å². The van der Waals surface area contributed by atoms with Crippen molar-refractivity contribution in [2.24, 2.45) is 11.7 Å². The Kier molecular flexibility index (Phi) is 19.1. The van der Waals surface area contributed by atoms with Crippen LogP contribution >= 0.6 is 11.6 Å². The number of benzene rings is 2. The molecule has 7 heterocycles. The average Bonchev–Trinajstić information content (AvgIpc) is 4.36. The van der Waals surface area contributed by atoms with E-state index in [2.05, 4.69) is 51.7 Å². The van der Waals surface area contributed by atoms with Gasteiger partial charge in [-0.1, -0.05) is 55.1 Å². The smallest absolute Gasteiger partial charge is 0.251 e. The highest BCUT2D eigenvalue weighted by atomic mass is 35.5. The minimum Gasteiger partial charge on any atom is -0.375 e. The van der Waals surface area contributed by atoms with Gasteiger partial charge in [0.15, 0.2) is 0 Å². The Bertz CT molecular complexity index is 2810. The summed E-state index contributed by atoms with van der Waals surface area (Å²) < 4.78 is 6.70. The monoisotopic (exact) mass is 1140 g/mol. The molecule has 6 N–H and O–H groups in total. The van der Waals surface area contributed by atoms with Gasteiger partial charge in [0, 0.05) is 114 Å². The quantitative estimate of drug-likeness (QED) is 0.0773. The van der Waals surface area contributed by atoms with Crippen molar-refractivity contribution < 1.29 is 28.7 Å².